The first-order valence-electron chi connectivity index (χ1n) is 7.07. The summed E-state index contributed by atoms with van der Waals surface area (Å²) in [5.41, 5.74) is -0.987. The maximum atomic E-state index is 13.0. The lowest BCUT2D eigenvalue weighted by molar-refractivity contribution is -0.140. The van der Waals surface area contributed by atoms with E-state index in [1.54, 1.807) is 16.9 Å². The van der Waals surface area contributed by atoms with Gasteiger partial charge in [0.25, 0.3) is 5.91 Å². The van der Waals surface area contributed by atoms with Crippen LogP contribution in [0.3, 0.4) is 0 Å². The Morgan fingerprint density at radius 3 is 2.62 bits per heavy atom. The third-order valence-electron chi connectivity index (χ3n) is 3.38. The molecule has 24 heavy (non-hydrogen) atoms. The van der Waals surface area contributed by atoms with Crippen molar-refractivity contribution in [2.75, 3.05) is 5.32 Å². The fourth-order valence-corrected chi connectivity index (χ4v) is 3.20. The number of aryl methyl sites for hydroxylation is 1. The summed E-state index contributed by atoms with van der Waals surface area (Å²) in [5, 5.41) is 10.2. The molecule has 0 atom stereocenters. The molecule has 10 heteroatoms. The number of carbonyl (C=O) groups excluding carboxylic acids is 1. The van der Waals surface area contributed by atoms with Crippen molar-refractivity contribution in [3.8, 4) is 0 Å². The number of hydrogen-bond acceptors (Lipinski definition) is 4. The first-order valence-corrected chi connectivity index (χ1v) is 7.88. The molecule has 0 aromatic carbocycles. The molecule has 3 heterocycles. The summed E-state index contributed by atoms with van der Waals surface area (Å²) in [6, 6.07) is 2.99. The van der Waals surface area contributed by atoms with Crippen LogP contribution in [0.5, 0.6) is 0 Å². The summed E-state index contributed by atoms with van der Waals surface area (Å²) < 4.78 is 41.8. The Labute approximate surface area is 138 Å². The standard InChI is InChI=1S/C14H14F3N5OS/c1-7(2)22-5-4-10(19-22)18-12(23)9-6-8-11(14(15,16)17)20-21(3)13(8)24-9/h4-7H,1-3H3,(H,18,19,23). The number of nitrogens with one attached hydrogen (secondary N) is 1. The van der Waals surface area contributed by atoms with E-state index in [4.69, 9.17) is 0 Å². The van der Waals surface area contributed by atoms with Gasteiger partial charge in [0.2, 0.25) is 0 Å². The first-order chi connectivity index (χ1) is 11.2. The van der Waals surface area contributed by atoms with Gasteiger partial charge < -0.3 is 5.32 Å². The summed E-state index contributed by atoms with van der Waals surface area (Å²) in [7, 11) is 1.42. The molecule has 0 unspecified atom stereocenters. The molecular formula is C14H14F3N5OS. The molecule has 0 aliphatic rings. The summed E-state index contributed by atoms with van der Waals surface area (Å²) >= 11 is 0.955. The van der Waals surface area contributed by atoms with E-state index in [2.05, 4.69) is 15.5 Å². The number of amides is 1. The van der Waals surface area contributed by atoms with Gasteiger partial charge in [-0.1, -0.05) is 0 Å². The highest BCUT2D eigenvalue weighted by atomic mass is 32.1. The number of hydrogen-bond donors (Lipinski definition) is 1. The van der Waals surface area contributed by atoms with Crippen LogP contribution in [0, 0.1) is 0 Å². The smallest absolute Gasteiger partial charge is 0.304 e. The van der Waals surface area contributed by atoms with Crippen LogP contribution in [0.25, 0.3) is 10.2 Å². The van der Waals surface area contributed by atoms with E-state index in [0.717, 1.165) is 16.0 Å². The monoisotopic (exact) mass is 357 g/mol. The predicted octanol–water partition coefficient (Wildman–Crippen LogP) is 3.68. The second kappa shape index (κ2) is 5.62. The fourth-order valence-electron chi connectivity index (χ4n) is 2.23. The van der Waals surface area contributed by atoms with Crippen LogP contribution >= 0.6 is 11.3 Å². The van der Waals surface area contributed by atoms with Gasteiger partial charge in [-0.25, -0.2) is 0 Å². The SMILES string of the molecule is CC(C)n1ccc(NC(=O)c2cc3c(C(F)(F)F)nn(C)c3s2)n1. The summed E-state index contributed by atoms with van der Waals surface area (Å²) in [5.74, 6) is -0.154. The average Bonchev–Trinajstić information content (AvgIpc) is 3.14. The number of alkyl halides is 3. The minimum absolute atomic E-state index is 0.0761. The second-order valence-electron chi connectivity index (χ2n) is 5.53. The number of halogens is 3. The normalized spacial score (nSPS) is 12.3. The lowest BCUT2D eigenvalue weighted by Gasteiger charge is -2.04. The molecule has 0 fully saturated rings. The van der Waals surface area contributed by atoms with Crippen molar-refractivity contribution in [2.45, 2.75) is 26.1 Å². The van der Waals surface area contributed by atoms with Gasteiger partial charge in [0.1, 0.15) is 4.83 Å². The van der Waals surface area contributed by atoms with Crippen molar-refractivity contribution in [2.24, 2.45) is 7.05 Å². The number of anilines is 1. The molecule has 0 aliphatic heterocycles. The van der Waals surface area contributed by atoms with Crippen molar-refractivity contribution < 1.29 is 18.0 Å². The zero-order valence-corrected chi connectivity index (χ0v) is 13.9. The van der Waals surface area contributed by atoms with Gasteiger partial charge in [0.15, 0.2) is 11.5 Å². The summed E-state index contributed by atoms with van der Waals surface area (Å²) in [6.07, 6.45) is -2.85. The average molecular weight is 357 g/mol. The second-order valence-corrected chi connectivity index (χ2v) is 6.56. The number of nitrogens with zero attached hydrogens (tertiary/aromatic N) is 4. The third kappa shape index (κ3) is 2.88. The van der Waals surface area contributed by atoms with Gasteiger partial charge in [-0.3, -0.25) is 14.2 Å². The maximum absolute atomic E-state index is 13.0. The van der Waals surface area contributed by atoms with Crippen molar-refractivity contribution in [3.05, 3.63) is 28.9 Å². The van der Waals surface area contributed by atoms with Crippen molar-refractivity contribution in [1.82, 2.24) is 19.6 Å². The largest absolute Gasteiger partial charge is 0.435 e. The lowest BCUT2D eigenvalue weighted by Crippen LogP contribution is -2.12. The molecule has 1 amide bonds. The molecule has 0 aliphatic carbocycles. The lowest BCUT2D eigenvalue weighted by atomic mass is 10.3. The Hall–Kier alpha value is -2.36. The number of carbonyl (C=O) groups is 1. The zero-order valence-electron chi connectivity index (χ0n) is 13.0. The Bertz CT molecular complexity index is 905. The van der Waals surface area contributed by atoms with Crippen molar-refractivity contribution >= 4 is 33.3 Å². The van der Waals surface area contributed by atoms with E-state index in [9.17, 15) is 18.0 Å². The van der Waals surface area contributed by atoms with E-state index in [0.29, 0.717) is 10.6 Å². The Kier molecular flexibility index (Phi) is 3.86. The zero-order chi connectivity index (χ0) is 17.6. The van der Waals surface area contributed by atoms with Gasteiger partial charge in [0.05, 0.1) is 4.88 Å². The molecule has 3 aromatic rings. The van der Waals surface area contributed by atoms with Crippen LogP contribution < -0.4 is 5.32 Å². The highest BCUT2D eigenvalue weighted by Crippen LogP contribution is 2.37. The third-order valence-corrected chi connectivity index (χ3v) is 4.58. The number of aromatic nitrogens is 4. The number of thiophene rings is 1. The van der Waals surface area contributed by atoms with Crippen LogP contribution in [-0.2, 0) is 13.2 Å². The molecule has 0 saturated carbocycles. The molecule has 128 valence electrons. The maximum Gasteiger partial charge on any atom is 0.435 e. The molecule has 6 nitrogen and oxygen atoms in total. The molecule has 0 radical (unpaired) electrons. The van der Waals surface area contributed by atoms with E-state index in [1.807, 2.05) is 13.8 Å². The Morgan fingerprint density at radius 1 is 1.33 bits per heavy atom. The number of fused-ring (bicyclic) bond motifs is 1. The van der Waals surface area contributed by atoms with Gasteiger partial charge >= 0.3 is 6.18 Å². The number of rotatable bonds is 3. The fraction of sp³-hybridized carbons (Fsp3) is 0.357. The van der Waals surface area contributed by atoms with Gasteiger partial charge in [0, 0.05) is 30.7 Å². The van der Waals surface area contributed by atoms with Gasteiger partial charge in [-0.2, -0.15) is 23.4 Å². The molecule has 0 saturated heterocycles. The molecule has 3 aromatic heterocycles. The molecule has 0 bridgehead atoms. The molecule has 0 spiro atoms. The molecule has 1 N–H and O–H groups in total. The van der Waals surface area contributed by atoms with Gasteiger partial charge in [-0.05, 0) is 19.9 Å². The Balaban J connectivity index is 1.90. The summed E-state index contributed by atoms with van der Waals surface area (Å²) in [4.78, 5) is 12.7. The minimum atomic E-state index is -4.57. The highest BCUT2D eigenvalue weighted by Gasteiger charge is 2.37. The minimum Gasteiger partial charge on any atom is -0.304 e. The quantitative estimate of drug-likeness (QED) is 0.778. The van der Waals surface area contributed by atoms with Crippen molar-refractivity contribution in [1.29, 1.82) is 0 Å². The molecular weight excluding hydrogens is 343 g/mol. The van der Waals surface area contributed by atoms with E-state index in [1.165, 1.54) is 13.1 Å². The summed E-state index contributed by atoms with van der Waals surface area (Å²) in [6.45, 7) is 3.88. The molecule has 3 rings (SSSR count). The van der Waals surface area contributed by atoms with Gasteiger partial charge in [-0.15, -0.1) is 11.3 Å². The topological polar surface area (TPSA) is 64.7 Å². The van der Waals surface area contributed by atoms with E-state index in [-0.39, 0.29) is 16.3 Å². The van der Waals surface area contributed by atoms with Crippen LogP contribution in [0.4, 0.5) is 19.0 Å². The van der Waals surface area contributed by atoms with Crippen LogP contribution in [0.15, 0.2) is 18.3 Å². The highest BCUT2D eigenvalue weighted by molar-refractivity contribution is 7.20. The first kappa shape index (κ1) is 16.5. The predicted molar refractivity (Wildman–Crippen MR) is 84.2 cm³/mol. The van der Waals surface area contributed by atoms with E-state index >= 15 is 0 Å². The van der Waals surface area contributed by atoms with E-state index < -0.39 is 17.8 Å². The van der Waals surface area contributed by atoms with Crippen LogP contribution in [0.1, 0.15) is 35.3 Å². The van der Waals surface area contributed by atoms with Crippen LogP contribution in [0.2, 0.25) is 0 Å². The van der Waals surface area contributed by atoms with Crippen molar-refractivity contribution in [3.63, 3.8) is 0 Å². The van der Waals surface area contributed by atoms with Crippen LogP contribution in [-0.4, -0.2) is 25.5 Å². The Morgan fingerprint density at radius 2 is 2.04 bits per heavy atom.